The zero-order valence-corrected chi connectivity index (χ0v) is 9.42. The molecule has 0 heterocycles. The van der Waals surface area contributed by atoms with E-state index in [1.165, 1.54) is 0 Å². The molecule has 12 heavy (non-hydrogen) atoms. The van der Waals surface area contributed by atoms with E-state index in [1.54, 1.807) is 0 Å². The average Bonchev–Trinajstić information content (AvgIpc) is 1.79. The van der Waals surface area contributed by atoms with Gasteiger partial charge in [-0.05, 0) is 12.8 Å². The molecule has 0 aliphatic rings. The lowest BCUT2D eigenvalue weighted by Crippen LogP contribution is -2.41. The van der Waals surface area contributed by atoms with Gasteiger partial charge in [0.1, 0.15) is 12.6 Å². The average molecular weight is 174 g/mol. The molecule has 0 aliphatic heterocycles. The summed E-state index contributed by atoms with van der Waals surface area (Å²) in [7, 11) is 6.57. The molecule has 0 fully saturated rings. The highest BCUT2D eigenvalue weighted by molar-refractivity contribution is 4.48. The lowest BCUT2D eigenvalue weighted by molar-refractivity contribution is -0.873. The van der Waals surface area contributed by atoms with Crippen LogP contribution in [0.4, 0.5) is 0 Å². The molecule has 2 heteroatoms. The van der Waals surface area contributed by atoms with Gasteiger partial charge in [0.05, 0.1) is 21.1 Å². The maximum absolute atomic E-state index is 5.66. The molecule has 0 aromatic rings. The Morgan fingerprint density at radius 2 is 1.58 bits per heavy atom. The standard InChI is InChI=1S/C10H24NO/c1-9(2)8-12-10(3)7-11(4,5)6/h9-10H,7-8H2,1-6H3/q+1. The fraction of sp³-hybridized carbons (Fsp3) is 1.00. The van der Waals surface area contributed by atoms with Crippen molar-refractivity contribution < 1.29 is 9.22 Å². The Hall–Kier alpha value is -0.0800. The first-order valence-electron chi connectivity index (χ1n) is 4.73. The minimum Gasteiger partial charge on any atom is -0.372 e. The van der Waals surface area contributed by atoms with Gasteiger partial charge in [0.25, 0.3) is 0 Å². The maximum Gasteiger partial charge on any atom is 0.104 e. The molecule has 74 valence electrons. The molecule has 0 saturated carbocycles. The molecule has 0 aromatic heterocycles. The van der Waals surface area contributed by atoms with Gasteiger partial charge in [-0.1, -0.05) is 13.8 Å². The van der Waals surface area contributed by atoms with E-state index < -0.39 is 0 Å². The van der Waals surface area contributed by atoms with E-state index in [9.17, 15) is 0 Å². The number of ether oxygens (including phenoxy) is 1. The van der Waals surface area contributed by atoms with Crippen LogP contribution in [0.5, 0.6) is 0 Å². The van der Waals surface area contributed by atoms with Gasteiger partial charge in [-0.2, -0.15) is 0 Å². The van der Waals surface area contributed by atoms with Crippen LogP contribution in [-0.2, 0) is 4.74 Å². The highest BCUT2D eigenvalue weighted by atomic mass is 16.5. The third kappa shape index (κ3) is 8.02. The van der Waals surface area contributed by atoms with Crippen molar-refractivity contribution in [2.75, 3.05) is 34.3 Å². The van der Waals surface area contributed by atoms with Gasteiger partial charge in [0.15, 0.2) is 0 Å². The van der Waals surface area contributed by atoms with Crippen molar-refractivity contribution in [1.29, 1.82) is 0 Å². The van der Waals surface area contributed by atoms with Crippen molar-refractivity contribution in [1.82, 2.24) is 0 Å². The highest BCUT2D eigenvalue weighted by Crippen LogP contribution is 2.01. The van der Waals surface area contributed by atoms with Gasteiger partial charge >= 0.3 is 0 Å². The number of nitrogens with zero attached hydrogens (tertiary/aromatic N) is 1. The Kier molecular flexibility index (Phi) is 4.80. The molecule has 0 aromatic carbocycles. The fourth-order valence-corrected chi connectivity index (χ4v) is 1.18. The molecule has 2 nitrogen and oxygen atoms in total. The molecule has 1 atom stereocenters. The van der Waals surface area contributed by atoms with E-state index in [1.807, 2.05) is 0 Å². The van der Waals surface area contributed by atoms with Crippen molar-refractivity contribution in [3.05, 3.63) is 0 Å². The first-order chi connectivity index (χ1) is 5.31. The van der Waals surface area contributed by atoms with E-state index in [0.29, 0.717) is 12.0 Å². The second-order valence-electron chi connectivity index (χ2n) is 5.01. The molecule has 0 rings (SSSR count). The molecule has 0 spiro atoms. The van der Waals surface area contributed by atoms with Gasteiger partial charge < -0.3 is 9.22 Å². The predicted octanol–water partition coefficient (Wildman–Crippen LogP) is 1.75. The SMILES string of the molecule is CC(C)COC(C)C[N+](C)(C)C. The summed E-state index contributed by atoms with van der Waals surface area (Å²) < 4.78 is 6.64. The number of rotatable bonds is 5. The second kappa shape index (κ2) is 4.83. The van der Waals surface area contributed by atoms with Crippen molar-refractivity contribution in [2.45, 2.75) is 26.9 Å². The summed E-state index contributed by atoms with van der Waals surface area (Å²) in [4.78, 5) is 0. The Labute approximate surface area is 77.1 Å². The normalized spacial score (nSPS) is 15.2. The van der Waals surface area contributed by atoms with E-state index in [2.05, 4.69) is 41.9 Å². The first kappa shape index (κ1) is 11.9. The Bertz CT molecular complexity index is 115. The maximum atomic E-state index is 5.66. The lowest BCUT2D eigenvalue weighted by atomic mass is 10.2. The molecule has 1 unspecified atom stereocenters. The van der Waals surface area contributed by atoms with Crippen LogP contribution in [0.2, 0.25) is 0 Å². The zero-order valence-electron chi connectivity index (χ0n) is 9.42. The summed E-state index contributed by atoms with van der Waals surface area (Å²) in [6.07, 6.45) is 0.368. The minimum absolute atomic E-state index is 0.368. The molecule has 0 radical (unpaired) electrons. The van der Waals surface area contributed by atoms with Gasteiger partial charge in [-0.3, -0.25) is 0 Å². The van der Waals surface area contributed by atoms with E-state index in [0.717, 1.165) is 17.6 Å². The number of hydrogen-bond donors (Lipinski definition) is 0. The summed E-state index contributed by atoms with van der Waals surface area (Å²) >= 11 is 0. The number of hydrogen-bond acceptors (Lipinski definition) is 1. The smallest absolute Gasteiger partial charge is 0.104 e. The monoisotopic (exact) mass is 174 g/mol. The zero-order chi connectivity index (χ0) is 9.78. The van der Waals surface area contributed by atoms with Crippen LogP contribution in [0, 0.1) is 5.92 Å². The number of quaternary nitrogens is 1. The topological polar surface area (TPSA) is 9.23 Å². The Morgan fingerprint density at radius 1 is 1.08 bits per heavy atom. The van der Waals surface area contributed by atoms with Gasteiger partial charge in [0.2, 0.25) is 0 Å². The van der Waals surface area contributed by atoms with Crippen molar-refractivity contribution >= 4 is 0 Å². The third-order valence-corrected chi connectivity index (χ3v) is 1.52. The Morgan fingerprint density at radius 3 is 1.92 bits per heavy atom. The molecule has 0 N–H and O–H groups in total. The van der Waals surface area contributed by atoms with Crippen molar-refractivity contribution in [2.24, 2.45) is 5.92 Å². The van der Waals surface area contributed by atoms with Crippen molar-refractivity contribution in [3.8, 4) is 0 Å². The lowest BCUT2D eigenvalue weighted by Gasteiger charge is -2.27. The summed E-state index contributed by atoms with van der Waals surface area (Å²) in [5.41, 5.74) is 0. The summed E-state index contributed by atoms with van der Waals surface area (Å²) in [5.74, 6) is 0.639. The summed E-state index contributed by atoms with van der Waals surface area (Å²) in [5, 5.41) is 0. The molecule has 0 amide bonds. The van der Waals surface area contributed by atoms with Gasteiger partial charge in [-0.15, -0.1) is 0 Å². The molecule has 0 saturated heterocycles. The summed E-state index contributed by atoms with van der Waals surface area (Å²) in [6, 6.07) is 0. The minimum atomic E-state index is 0.368. The van der Waals surface area contributed by atoms with Crippen LogP contribution in [-0.4, -0.2) is 44.9 Å². The predicted molar refractivity (Wildman–Crippen MR) is 53.2 cm³/mol. The molecular weight excluding hydrogens is 150 g/mol. The van der Waals surface area contributed by atoms with E-state index >= 15 is 0 Å². The van der Waals surface area contributed by atoms with Crippen LogP contribution in [0.3, 0.4) is 0 Å². The first-order valence-corrected chi connectivity index (χ1v) is 4.73. The molecular formula is C10H24NO+. The van der Waals surface area contributed by atoms with Gasteiger partial charge in [0, 0.05) is 6.61 Å². The van der Waals surface area contributed by atoms with Crippen LogP contribution < -0.4 is 0 Å². The number of likely N-dealkylation sites (N-methyl/N-ethyl adjacent to an activating group) is 1. The van der Waals surface area contributed by atoms with Crippen molar-refractivity contribution in [3.63, 3.8) is 0 Å². The van der Waals surface area contributed by atoms with Crippen LogP contribution in [0.25, 0.3) is 0 Å². The van der Waals surface area contributed by atoms with E-state index in [-0.39, 0.29) is 0 Å². The van der Waals surface area contributed by atoms with E-state index in [4.69, 9.17) is 4.74 Å². The largest absolute Gasteiger partial charge is 0.372 e. The van der Waals surface area contributed by atoms with Crippen LogP contribution in [0.1, 0.15) is 20.8 Å². The third-order valence-electron chi connectivity index (χ3n) is 1.52. The Balaban J connectivity index is 3.53. The van der Waals surface area contributed by atoms with Crippen LogP contribution >= 0.6 is 0 Å². The fourth-order valence-electron chi connectivity index (χ4n) is 1.18. The highest BCUT2D eigenvalue weighted by Gasteiger charge is 2.13. The van der Waals surface area contributed by atoms with Crippen LogP contribution in [0.15, 0.2) is 0 Å². The second-order valence-corrected chi connectivity index (χ2v) is 5.01. The molecule has 0 aliphatic carbocycles. The summed E-state index contributed by atoms with van der Waals surface area (Å²) in [6.45, 7) is 8.46. The quantitative estimate of drug-likeness (QED) is 0.577. The van der Waals surface area contributed by atoms with Gasteiger partial charge in [-0.25, -0.2) is 0 Å². The molecule has 0 bridgehead atoms.